The van der Waals surface area contributed by atoms with E-state index in [4.69, 9.17) is 9.88 Å². The molecule has 1 fully saturated rings. The van der Waals surface area contributed by atoms with E-state index in [9.17, 15) is 22.8 Å². The fourth-order valence-electron chi connectivity index (χ4n) is 4.51. The van der Waals surface area contributed by atoms with Crippen LogP contribution >= 0.6 is 0 Å². The summed E-state index contributed by atoms with van der Waals surface area (Å²) < 4.78 is 28.7. The second-order valence-corrected chi connectivity index (χ2v) is 10.4. The SMILES string of the molecule is NS(=O)(=O)c1ccc(N2C(=O)CC(N(CCC3=CCCCC3)C(=O)COc3ccccc3)C2=O)cc1. The number of carbonyl (C=O) groups is 3. The number of ether oxygens (including phenoxy) is 1. The minimum Gasteiger partial charge on any atom is -0.484 e. The molecule has 0 bridgehead atoms. The highest BCUT2D eigenvalue weighted by molar-refractivity contribution is 7.89. The number of allylic oxidation sites excluding steroid dienone is 1. The molecule has 190 valence electrons. The molecule has 0 spiro atoms. The lowest BCUT2D eigenvalue weighted by molar-refractivity contribution is -0.140. The maximum Gasteiger partial charge on any atom is 0.261 e. The summed E-state index contributed by atoms with van der Waals surface area (Å²) in [5, 5.41) is 5.14. The van der Waals surface area contributed by atoms with Gasteiger partial charge >= 0.3 is 0 Å². The zero-order valence-electron chi connectivity index (χ0n) is 19.8. The van der Waals surface area contributed by atoms with Gasteiger partial charge in [0.05, 0.1) is 17.0 Å². The van der Waals surface area contributed by atoms with Crippen LogP contribution in [-0.4, -0.2) is 50.2 Å². The van der Waals surface area contributed by atoms with E-state index in [0.29, 0.717) is 18.7 Å². The number of carbonyl (C=O) groups excluding carboxylic acids is 3. The molecule has 1 aliphatic heterocycles. The monoisotopic (exact) mass is 511 g/mol. The van der Waals surface area contributed by atoms with E-state index in [1.165, 1.54) is 34.7 Å². The quantitative estimate of drug-likeness (QED) is 0.407. The van der Waals surface area contributed by atoms with Crippen LogP contribution in [0.5, 0.6) is 5.75 Å². The number of rotatable bonds is 9. The van der Waals surface area contributed by atoms with Crippen LogP contribution in [0.25, 0.3) is 0 Å². The molecule has 2 aromatic rings. The third-order valence-corrected chi connectivity index (χ3v) is 7.34. The number of hydrogen-bond acceptors (Lipinski definition) is 6. The van der Waals surface area contributed by atoms with Crippen molar-refractivity contribution in [3.05, 3.63) is 66.2 Å². The van der Waals surface area contributed by atoms with Gasteiger partial charge in [0, 0.05) is 6.54 Å². The fourth-order valence-corrected chi connectivity index (χ4v) is 5.03. The van der Waals surface area contributed by atoms with Gasteiger partial charge < -0.3 is 9.64 Å². The van der Waals surface area contributed by atoms with Crippen molar-refractivity contribution in [3.8, 4) is 5.75 Å². The highest BCUT2D eigenvalue weighted by atomic mass is 32.2. The average molecular weight is 512 g/mol. The summed E-state index contributed by atoms with van der Waals surface area (Å²) in [6.45, 7) is 0.0365. The summed E-state index contributed by atoms with van der Waals surface area (Å²) in [6, 6.07) is 13.1. The topological polar surface area (TPSA) is 127 Å². The number of nitrogens with zero attached hydrogens (tertiary/aromatic N) is 2. The van der Waals surface area contributed by atoms with E-state index in [1.807, 2.05) is 6.07 Å². The highest BCUT2D eigenvalue weighted by Gasteiger charge is 2.44. The number of imide groups is 1. The minimum absolute atomic E-state index is 0.127. The van der Waals surface area contributed by atoms with Gasteiger partial charge in [-0.15, -0.1) is 0 Å². The first kappa shape index (κ1) is 25.6. The van der Waals surface area contributed by atoms with Crippen molar-refractivity contribution in [2.75, 3.05) is 18.1 Å². The maximum atomic E-state index is 13.4. The van der Waals surface area contributed by atoms with Crippen LogP contribution in [0.3, 0.4) is 0 Å². The van der Waals surface area contributed by atoms with Gasteiger partial charge in [0.1, 0.15) is 11.8 Å². The Bertz CT molecular complexity index is 1260. The van der Waals surface area contributed by atoms with Crippen molar-refractivity contribution in [1.82, 2.24) is 4.90 Å². The maximum absolute atomic E-state index is 13.4. The minimum atomic E-state index is -3.91. The van der Waals surface area contributed by atoms with Gasteiger partial charge in [0.15, 0.2) is 6.61 Å². The zero-order valence-corrected chi connectivity index (χ0v) is 20.7. The summed E-state index contributed by atoms with van der Waals surface area (Å²) in [6.07, 6.45) is 6.86. The molecule has 1 atom stereocenters. The Morgan fingerprint density at radius 3 is 2.42 bits per heavy atom. The number of benzene rings is 2. The van der Waals surface area contributed by atoms with Crippen molar-refractivity contribution in [2.45, 2.75) is 49.5 Å². The molecule has 1 saturated heterocycles. The lowest BCUT2D eigenvalue weighted by Gasteiger charge is -2.28. The molecular formula is C26H29N3O6S. The largest absolute Gasteiger partial charge is 0.484 e. The molecule has 0 radical (unpaired) electrons. The van der Waals surface area contributed by atoms with Crippen LogP contribution in [0.1, 0.15) is 38.5 Å². The second kappa shape index (κ2) is 11.0. The summed E-state index contributed by atoms with van der Waals surface area (Å²) in [5.41, 5.74) is 1.47. The molecule has 0 aromatic heterocycles. The lowest BCUT2D eigenvalue weighted by atomic mass is 9.97. The van der Waals surface area contributed by atoms with E-state index >= 15 is 0 Å². The van der Waals surface area contributed by atoms with Gasteiger partial charge in [-0.2, -0.15) is 0 Å². The molecule has 4 rings (SSSR count). The Hall–Kier alpha value is -3.50. The van der Waals surface area contributed by atoms with Crippen LogP contribution in [0.4, 0.5) is 5.69 Å². The van der Waals surface area contributed by atoms with E-state index < -0.39 is 27.9 Å². The predicted octanol–water partition coefficient (Wildman–Crippen LogP) is 2.76. The second-order valence-electron chi connectivity index (χ2n) is 8.87. The summed E-state index contributed by atoms with van der Waals surface area (Å²) in [4.78, 5) is 41.8. The van der Waals surface area contributed by atoms with Crippen LogP contribution in [0, 0.1) is 0 Å². The summed E-state index contributed by atoms with van der Waals surface area (Å²) >= 11 is 0. The highest BCUT2D eigenvalue weighted by Crippen LogP contribution is 2.28. The zero-order chi connectivity index (χ0) is 25.7. The van der Waals surface area contributed by atoms with Crippen molar-refractivity contribution >= 4 is 33.4 Å². The van der Waals surface area contributed by atoms with E-state index in [-0.39, 0.29) is 29.5 Å². The Labute approximate surface area is 210 Å². The average Bonchev–Trinajstić information content (AvgIpc) is 3.17. The number of hydrogen-bond donors (Lipinski definition) is 1. The first-order chi connectivity index (χ1) is 17.2. The Morgan fingerprint density at radius 1 is 1.06 bits per heavy atom. The van der Waals surface area contributed by atoms with Crippen molar-refractivity contribution in [2.24, 2.45) is 5.14 Å². The molecule has 3 amide bonds. The van der Waals surface area contributed by atoms with Crippen LogP contribution < -0.4 is 14.8 Å². The summed E-state index contributed by atoms with van der Waals surface area (Å²) in [5.74, 6) is -0.847. The Morgan fingerprint density at radius 2 is 1.78 bits per heavy atom. The van der Waals surface area contributed by atoms with E-state index in [0.717, 1.165) is 30.6 Å². The Kier molecular flexibility index (Phi) is 7.85. The van der Waals surface area contributed by atoms with Gasteiger partial charge in [0.25, 0.3) is 11.8 Å². The number of amides is 3. The molecule has 1 aliphatic carbocycles. The van der Waals surface area contributed by atoms with E-state index in [2.05, 4.69) is 6.08 Å². The normalized spacial score (nSPS) is 18.2. The number of anilines is 1. The van der Waals surface area contributed by atoms with Crippen LogP contribution in [0.2, 0.25) is 0 Å². The van der Waals surface area contributed by atoms with Crippen molar-refractivity contribution in [3.63, 3.8) is 0 Å². The first-order valence-electron chi connectivity index (χ1n) is 11.9. The lowest BCUT2D eigenvalue weighted by Crippen LogP contribution is -2.47. The molecule has 2 aromatic carbocycles. The molecule has 10 heteroatoms. The predicted molar refractivity (Wildman–Crippen MR) is 134 cm³/mol. The van der Waals surface area contributed by atoms with Gasteiger partial charge in [-0.3, -0.25) is 14.4 Å². The first-order valence-corrected chi connectivity index (χ1v) is 13.4. The molecule has 1 heterocycles. The standard InChI is InChI=1S/C26H29N3O6S/c27-36(33,34)22-13-11-20(12-14-22)29-24(30)17-23(26(29)32)28(16-15-19-7-3-1-4-8-19)25(31)18-35-21-9-5-2-6-10-21/h2,5-7,9-14,23H,1,3-4,8,15-18H2,(H2,27,33,34). The van der Waals surface area contributed by atoms with Gasteiger partial charge in [-0.05, 0) is 68.5 Å². The number of nitrogens with two attached hydrogens (primary N) is 1. The fraction of sp³-hybridized carbons (Fsp3) is 0.346. The molecule has 2 N–H and O–H groups in total. The third kappa shape index (κ3) is 6.00. The number of sulfonamides is 1. The smallest absolute Gasteiger partial charge is 0.261 e. The molecular weight excluding hydrogens is 482 g/mol. The third-order valence-electron chi connectivity index (χ3n) is 6.41. The Balaban J connectivity index is 1.53. The molecule has 9 nitrogen and oxygen atoms in total. The van der Waals surface area contributed by atoms with Gasteiger partial charge in [0.2, 0.25) is 15.9 Å². The molecule has 36 heavy (non-hydrogen) atoms. The van der Waals surface area contributed by atoms with Gasteiger partial charge in [-0.25, -0.2) is 18.5 Å². The van der Waals surface area contributed by atoms with Crippen LogP contribution in [-0.2, 0) is 24.4 Å². The van der Waals surface area contributed by atoms with E-state index in [1.54, 1.807) is 24.3 Å². The number of primary sulfonamides is 1. The van der Waals surface area contributed by atoms with Crippen LogP contribution in [0.15, 0.2) is 71.1 Å². The number of para-hydroxylation sites is 1. The molecule has 2 aliphatic rings. The molecule has 1 unspecified atom stereocenters. The molecule has 0 saturated carbocycles. The van der Waals surface area contributed by atoms with Gasteiger partial charge in [-0.1, -0.05) is 29.8 Å². The summed E-state index contributed by atoms with van der Waals surface area (Å²) in [7, 11) is -3.91. The van der Waals surface area contributed by atoms with Crippen molar-refractivity contribution < 1.29 is 27.5 Å². The van der Waals surface area contributed by atoms with Crippen molar-refractivity contribution in [1.29, 1.82) is 0 Å².